The molecule has 0 bridgehead atoms. The summed E-state index contributed by atoms with van der Waals surface area (Å²) in [4.78, 5) is 22.2. The van der Waals surface area contributed by atoms with Crippen molar-refractivity contribution in [2.75, 3.05) is 0 Å². The maximum absolute atomic E-state index is 11.1. The Balaban J connectivity index is -0.00000128. The summed E-state index contributed by atoms with van der Waals surface area (Å²) in [5.41, 5.74) is -1.84. The molecule has 0 aromatic heterocycles. The van der Waals surface area contributed by atoms with Crippen molar-refractivity contribution in [3.63, 3.8) is 0 Å². The fourth-order valence-corrected chi connectivity index (χ4v) is 2.05. The van der Waals surface area contributed by atoms with Gasteiger partial charge in [0.15, 0.2) is 0 Å². The predicted molar refractivity (Wildman–Crippen MR) is 60.7 cm³/mol. The molecule has 0 heterocycles. The first-order chi connectivity index (χ1) is 7.89. The van der Waals surface area contributed by atoms with Crippen LogP contribution in [0.4, 0.5) is 0 Å². The first kappa shape index (κ1) is 24.5. The molecule has 0 aliphatic carbocycles. The number of hydrogen-bond donors (Lipinski definition) is 0. The molecule has 4 nitrogen and oxygen atoms in total. The van der Waals surface area contributed by atoms with Gasteiger partial charge in [-0.3, -0.25) is 0 Å². The Morgan fingerprint density at radius 3 is 1.74 bits per heavy atom. The van der Waals surface area contributed by atoms with Crippen molar-refractivity contribution in [1.29, 1.82) is 0 Å². The molecule has 0 aliphatic rings. The molecular formula is C13H22LiNaO4. The van der Waals surface area contributed by atoms with Crippen LogP contribution in [0.25, 0.3) is 0 Å². The normalized spacial score (nSPS) is 10.5. The zero-order valence-electron chi connectivity index (χ0n) is 13.0. The molecule has 0 radical (unpaired) electrons. The Morgan fingerprint density at radius 2 is 1.42 bits per heavy atom. The molecule has 0 saturated carbocycles. The molecule has 0 saturated heterocycles. The number of carboxylic acids is 2. The van der Waals surface area contributed by atoms with Crippen LogP contribution in [0, 0.1) is 11.3 Å². The Bertz CT molecular complexity index is 255. The molecule has 0 spiro atoms. The molecule has 0 N–H and O–H groups in total. The van der Waals surface area contributed by atoms with Crippen LogP contribution in [-0.4, -0.2) is 11.9 Å². The second-order valence-electron chi connectivity index (χ2n) is 4.87. The van der Waals surface area contributed by atoms with Crippen LogP contribution in [0.3, 0.4) is 0 Å². The average molecular weight is 272 g/mol. The Labute approximate surface area is 150 Å². The van der Waals surface area contributed by atoms with Crippen molar-refractivity contribution in [1.82, 2.24) is 0 Å². The first-order valence-corrected chi connectivity index (χ1v) is 6.32. The van der Waals surface area contributed by atoms with Crippen molar-refractivity contribution in [2.24, 2.45) is 11.3 Å². The van der Waals surface area contributed by atoms with E-state index in [0.29, 0.717) is 6.42 Å². The van der Waals surface area contributed by atoms with E-state index in [1.54, 1.807) is 13.8 Å². The molecule has 19 heavy (non-hydrogen) atoms. The largest absolute Gasteiger partial charge is 1.00 e. The summed E-state index contributed by atoms with van der Waals surface area (Å²) in [6, 6.07) is 0. The number of carboxylic acid groups (broad SMARTS) is 2. The summed E-state index contributed by atoms with van der Waals surface area (Å²) in [7, 11) is 0. The average Bonchev–Trinajstić information content (AvgIpc) is 2.21. The number of carbonyl (C=O) groups excluding carboxylic acids is 2. The Hall–Kier alpha value is 0.537. The van der Waals surface area contributed by atoms with E-state index in [1.165, 1.54) is 0 Å². The molecule has 0 aromatic carbocycles. The van der Waals surface area contributed by atoms with Gasteiger partial charge in [0.05, 0.1) is 17.4 Å². The van der Waals surface area contributed by atoms with Gasteiger partial charge in [0, 0.05) is 0 Å². The van der Waals surface area contributed by atoms with E-state index in [4.69, 9.17) is 0 Å². The standard InChI is InChI=1S/C13H24O4.Li.Na/c1-4-5-6-7-8-9-13(10(2)3,11(14)15)12(16)17;;/h10H,4-9H2,1-3H3,(H,14,15)(H,16,17);;/q;2*+1/p-2. The molecule has 0 unspecified atom stereocenters. The minimum atomic E-state index is -1.84. The summed E-state index contributed by atoms with van der Waals surface area (Å²) in [5.74, 6) is -3.57. The van der Waals surface area contributed by atoms with Gasteiger partial charge in [-0.25, -0.2) is 0 Å². The molecule has 6 heteroatoms. The van der Waals surface area contributed by atoms with Crippen LogP contribution in [0.15, 0.2) is 0 Å². The molecule has 0 rings (SSSR count). The van der Waals surface area contributed by atoms with Gasteiger partial charge in [-0.2, -0.15) is 0 Å². The maximum atomic E-state index is 11.1. The zero-order valence-corrected chi connectivity index (χ0v) is 15.0. The van der Waals surface area contributed by atoms with Crippen molar-refractivity contribution in [2.45, 2.75) is 59.3 Å². The number of rotatable bonds is 9. The van der Waals surface area contributed by atoms with Gasteiger partial charge in [-0.15, -0.1) is 0 Å². The summed E-state index contributed by atoms with van der Waals surface area (Å²) in [5, 5.41) is 22.2. The van der Waals surface area contributed by atoms with Crippen LogP contribution in [-0.2, 0) is 9.59 Å². The summed E-state index contributed by atoms with van der Waals surface area (Å²) in [6.45, 7) is 5.25. The smallest absolute Gasteiger partial charge is 0.549 e. The molecule has 0 fully saturated rings. The van der Waals surface area contributed by atoms with Crippen molar-refractivity contribution in [3.05, 3.63) is 0 Å². The fourth-order valence-electron chi connectivity index (χ4n) is 2.05. The summed E-state index contributed by atoms with van der Waals surface area (Å²) < 4.78 is 0. The second kappa shape index (κ2) is 12.3. The predicted octanol–water partition coefficient (Wildman–Crippen LogP) is -5.50. The first-order valence-electron chi connectivity index (χ1n) is 6.32. The van der Waals surface area contributed by atoms with E-state index in [-0.39, 0.29) is 54.8 Å². The minimum Gasteiger partial charge on any atom is -0.549 e. The summed E-state index contributed by atoms with van der Waals surface area (Å²) in [6.07, 6.45) is 4.72. The Kier molecular flexibility index (Phi) is 15.9. The third-order valence-corrected chi connectivity index (χ3v) is 3.39. The van der Waals surface area contributed by atoms with Crippen LogP contribution in [0.5, 0.6) is 0 Å². The van der Waals surface area contributed by atoms with Crippen LogP contribution in [0.1, 0.15) is 59.3 Å². The van der Waals surface area contributed by atoms with E-state index in [1.807, 2.05) is 0 Å². The van der Waals surface area contributed by atoms with Crippen molar-refractivity contribution >= 4 is 11.9 Å². The number of hydrogen-bond acceptors (Lipinski definition) is 4. The van der Waals surface area contributed by atoms with E-state index in [0.717, 1.165) is 25.7 Å². The number of unbranched alkanes of at least 4 members (excludes halogenated alkanes) is 4. The monoisotopic (exact) mass is 272 g/mol. The minimum absolute atomic E-state index is 0. The van der Waals surface area contributed by atoms with Gasteiger partial charge >= 0.3 is 48.4 Å². The maximum Gasteiger partial charge on any atom is 1.00 e. The fraction of sp³-hybridized carbons (Fsp3) is 0.846. The third-order valence-electron chi connectivity index (χ3n) is 3.39. The molecule has 0 atom stereocenters. The Morgan fingerprint density at radius 1 is 1.00 bits per heavy atom. The van der Waals surface area contributed by atoms with Crippen molar-refractivity contribution < 1.29 is 68.2 Å². The topological polar surface area (TPSA) is 80.3 Å². The molecular weight excluding hydrogens is 250 g/mol. The molecule has 100 valence electrons. The van der Waals surface area contributed by atoms with Gasteiger partial charge in [0.1, 0.15) is 0 Å². The van der Waals surface area contributed by atoms with Gasteiger partial charge in [0.2, 0.25) is 0 Å². The number of aliphatic carboxylic acids is 2. The zero-order chi connectivity index (χ0) is 13.5. The third kappa shape index (κ3) is 7.20. The molecule has 0 aromatic rings. The quantitative estimate of drug-likeness (QED) is 0.238. The summed E-state index contributed by atoms with van der Waals surface area (Å²) >= 11 is 0. The molecule has 0 amide bonds. The number of carbonyl (C=O) groups is 2. The van der Waals surface area contributed by atoms with E-state index in [9.17, 15) is 19.8 Å². The van der Waals surface area contributed by atoms with Gasteiger partial charge < -0.3 is 19.8 Å². The van der Waals surface area contributed by atoms with Crippen LogP contribution < -0.4 is 58.6 Å². The van der Waals surface area contributed by atoms with Crippen LogP contribution >= 0.6 is 0 Å². The van der Waals surface area contributed by atoms with Gasteiger partial charge in [-0.1, -0.05) is 52.9 Å². The molecule has 0 aliphatic heterocycles. The van der Waals surface area contributed by atoms with Gasteiger partial charge in [-0.05, 0) is 12.3 Å². The van der Waals surface area contributed by atoms with Gasteiger partial charge in [0.25, 0.3) is 0 Å². The van der Waals surface area contributed by atoms with E-state index >= 15 is 0 Å². The van der Waals surface area contributed by atoms with E-state index in [2.05, 4.69) is 6.92 Å². The van der Waals surface area contributed by atoms with Crippen molar-refractivity contribution in [3.8, 4) is 0 Å². The van der Waals surface area contributed by atoms with E-state index < -0.39 is 23.3 Å². The second-order valence-corrected chi connectivity index (χ2v) is 4.87. The SMILES string of the molecule is CCCCCCCC(C(=O)[O-])(C(=O)[O-])C(C)C.[Li+].[Na+]. The van der Waals surface area contributed by atoms with Crippen LogP contribution in [0.2, 0.25) is 0 Å².